The Balaban J connectivity index is 2.72. The maximum Gasteiger partial charge on any atom is 0.527 e. The second-order valence-corrected chi connectivity index (χ2v) is 4.43. The molecular formula is C9H12NO5P. The number of phosphoric ester groups is 1. The molecule has 2 N–H and O–H groups in total. The van der Waals surface area contributed by atoms with Gasteiger partial charge in [-0.25, -0.2) is 4.57 Å². The average molecular weight is 245 g/mol. The molecule has 7 heteroatoms. The second-order valence-electron chi connectivity index (χ2n) is 2.95. The molecule has 16 heavy (non-hydrogen) atoms. The van der Waals surface area contributed by atoms with Crippen LogP contribution in [0.1, 0.15) is 6.92 Å². The molecule has 1 atom stereocenters. The average Bonchev–Trinajstić information content (AvgIpc) is 2.20. The van der Waals surface area contributed by atoms with Gasteiger partial charge in [-0.2, -0.15) is 0 Å². The Morgan fingerprint density at radius 2 is 1.94 bits per heavy atom. The zero-order valence-corrected chi connectivity index (χ0v) is 9.73. The van der Waals surface area contributed by atoms with Crippen molar-refractivity contribution in [2.75, 3.05) is 12.4 Å². The summed E-state index contributed by atoms with van der Waals surface area (Å²) in [6.45, 7) is 1.39. The molecule has 0 fully saturated rings. The lowest BCUT2D eigenvalue weighted by Crippen LogP contribution is -2.05. The summed E-state index contributed by atoms with van der Waals surface area (Å²) < 4.78 is 20.0. The third-order valence-corrected chi connectivity index (χ3v) is 2.53. The first-order chi connectivity index (χ1) is 7.43. The van der Waals surface area contributed by atoms with Gasteiger partial charge in [0.25, 0.3) is 0 Å². The van der Waals surface area contributed by atoms with Crippen molar-refractivity contribution in [1.29, 1.82) is 0 Å². The van der Waals surface area contributed by atoms with E-state index in [4.69, 9.17) is 4.89 Å². The van der Waals surface area contributed by atoms with Crippen molar-refractivity contribution in [2.45, 2.75) is 6.92 Å². The first kappa shape index (κ1) is 12.7. The third kappa shape index (κ3) is 4.02. The van der Waals surface area contributed by atoms with Crippen LogP contribution in [0.25, 0.3) is 0 Å². The lowest BCUT2D eigenvalue weighted by Gasteiger charge is -2.10. The predicted octanol–water partition coefficient (Wildman–Crippen LogP) is 1.77. The van der Waals surface area contributed by atoms with E-state index in [1.165, 1.54) is 19.1 Å². The Labute approximate surface area is 92.8 Å². The van der Waals surface area contributed by atoms with E-state index < -0.39 is 7.82 Å². The fourth-order valence-corrected chi connectivity index (χ4v) is 1.44. The molecule has 1 aromatic carbocycles. The molecule has 1 aromatic rings. The van der Waals surface area contributed by atoms with E-state index in [9.17, 15) is 9.36 Å². The van der Waals surface area contributed by atoms with Crippen LogP contribution < -0.4 is 9.84 Å². The molecule has 0 spiro atoms. The molecule has 88 valence electrons. The van der Waals surface area contributed by atoms with Gasteiger partial charge >= 0.3 is 7.82 Å². The quantitative estimate of drug-likeness (QED) is 0.789. The number of carbonyl (C=O) groups excluding carboxylic acids is 1. The molecule has 0 radical (unpaired) electrons. The summed E-state index contributed by atoms with van der Waals surface area (Å²) in [5.74, 6) is -0.0137. The molecule has 6 nitrogen and oxygen atoms in total. The van der Waals surface area contributed by atoms with E-state index in [-0.39, 0.29) is 11.7 Å². The third-order valence-electron chi connectivity index (χ3n) is 1.63. The van der Waals surface area contributed by atoms with Crippen LogP contribution >= 0.6 is 7.82 Å². The van der Waals surface area contributed by atoms with E-state index >= 15 is 0 Å². The Morgan fingerprint density at radius 1 is 1.38 bits per heavy atom. The zero-order chi connectivity index (χ0) is 12.2. The maximum atomic E-state index is 11.1. The maximum absolute atomic E-state index is 11.1. The highest BCUT2D eigenvalue weighted by Crippen LogP contribution is 2.42. The van der Waals surface area contributed by atoms with E-state index in [0.29, 0.717) is 5.69 Å². The van der Waals surface area contributed by atoms with Crippen molar-refractivity contribution in [3.63, 3.8) is 0 Å². The highest BCUT2D eigenvalue weighted by Gasteiger charge is 2.19. The van der Waals surface area contributed by atoms with Crippen LogP contribution in [0.2, 0.25) is 0 Å². The van der Waals surface area contributed by atoms with E-state index in [1.807, 2.05) is 0 Å². The highest BCUT2D eigenvalue weighted by atomic mass is 31.2. The van der Waals surface area contributed by atoms with E-state index in [0.717, 1.165) is 7.11 Å². The van der Waals surface area contributed by atoms with Gasteiger partial charge in [0.2, 0.25) is 5.91 Å². The monoisotopic (exact) mass is 245 g/mol. The van der Waals surface area contributed by atoms with Gasteiger partial charge < -0.3 is 9.84 Å². The summed E-state index contributed by atoms with van der Waals surface area (Å²) in [6.07, 6.45) is 0. The zero-order valence-electron chi connectivity index (χ0n) is 8.84. The van der Waals surface area contributed by atoms with Gasteiger partial charge in [0.1, 0.15) is 5.75 Å². The molecule has 0 aromatic heterocycles. The van der Waals surface area contributed by atoms with Crippen LogP contribution in [-0.4, -0.2) is 17.9 Å². The van der Waals surface area contributed by atoms with Crippen LogP contribution in [0.15, 0.2) is 24.3 Å². The van der Waals surface area contributed by atoms with E-state index in [2.05, 4.69) is 14.4 Å². The summed E-state index contributed by atoms with van der Waals surface area (Å²) >= 11 is 0. The van der Waals surface area contributed by atoms with Gasteiger partial charge in [-0.1, -0.05) is 0 Å². The van der Waals surface area contributed by atoms with Crippen molar-refractivity contribution in [2.24, 2.45) is 0 Å². The smallest absolute Gasteiger partial charge is 0.404 e. The number of benzene rings is 1. The van der Waals surface area contributed by atoms with Crippen molar-refractivity contribution in [1.82, 2.24) is 0 Å². The summed E-state index contributed by atoms with van der Waals surface area (Å²) in [7, 11) is -2.95. The van der Waals surface area contributed by atoms with Gasteiger partial charge in [-0.15, -0.1) is 0 Å². The molecule has 0 aliphatic carbocycles. The number of hydrogen-bond acceptors (Lipinski definition) is 4. The number of hydrogen-bond donors (Lipinski definition) is 2. The first-order valence-electron chi connectivity index (χ1n) is 4.39. The number of amides is 1. The van der Waals surface area contributed by atoms with Gasteiger partial charge in [0.05, 0.1) is 0 Å². The fraction of sp³-hybridized carbons (Fsp3) is 0.222. The molecular weight excluding hydrogens is 233 g/mol. The summed E-state index contributed by atoms with van der Waals surface area (Å²) in [6, 6.07) is 6.00. The van der Waals surface area contributed by atoms with E-state index in [1.54, 1.807) is 12.1 Å². The largest absolute Gasteiger partial charge is 0.527 e. The molecule has 0 aliphatic rings. The van der Waals surface area contributed by atoms with Gasteiger partial charge in [-0.05, 0) is 24.3 Å². The van der Waals surface area contributed by atoms with Crippen molar-refractivity contribution in [3.8, 4) is 5.75 Å². The van der Waals surface area contributed by atoms with Crippen LogP contribution in [0.4, 0.5) is 5.69 Å². The summed E-state index contributed by atoms with van der Waals surface area (Å²) in [5, 5.41) is 2.55. The molecule has 1 rings (SSSR count). The number of rotatable bonds is 4. The van der Waals surface area contributed by atoms with Gasteiger partial charge in [0.15, 0.2) is 0 Å². The summed E-state index contributed by atoms with van der Waals surface area (Å²) in [5.41, 5.74) is 0.574. The Morgan fingerprint density at radius 3 is 2.38 bits per heavy atom. The highest BCUT2D eigenvalue weighted by molar-refractivity contribution is 7.47. The van der Waals surface area contributed by atoms with Crippen LogP contribution in [0.3, 0.4) is 0 Å². The number of nitrogens with one attached hydrogen (secondary N) is 1. The van der Waals surface area contributed by atoms with Crippen molar-refractivity contribution in [3.05, 3.63) is 24.3 Å². The summed E-state index contributed by atoms with van der Waals surface area (Å²) in [4.78, 5) is 19.8. The minimum atomic E-state index is -4.03. The van der Waals surface area contributed by atoms with Gasteiger partial charge in [-0.3, -0.25) is 14.2 Å². The standard InChI is InChI=1S/C9H12NO5P/c1-7(11)10-8-3-5-9(6-4-8)15-16(12,13)14-2/h3-6H,1-2H3,(H,10,11)(H,12,13). The molecule has 1 unspecified atom stereocenters. The molecule has 0 saturated carbocycles. The Bertz CT molecular complexity index is 416. The number of carbonyl (C=O) groups is 1. The Kier molecular flexibility index (Phi) is 4.06. The lowest BCUT2D eigenvalue weighted by molar-refractivity contribution is -0.114. The molecule has 0 bridgehead atoms. The molecule has 0 saturated heterocycles. The first-order valence-corrected chi connectivity index (χ1v) is 5.88. The number of anilines is 1. The van der Waals surface area contributed by atoms with Crippen LogP contribution in [0.5, 0.6) is 5.75 Å². The minimum absolute atomic E-state index is 0.182. The topological polar surface area (TPSA) is 84.9 Å². The van der Waals surface area contributed by atoms with Crippen LogP contribution in [0, 0.1) is 0 Å². The van der Waals surface area contributed by atoms with Gasteiger partial charge in [0, 0.05) is 19.7 Å². The van der Waals surface area contributed by atoms with Crippen LogP contribution in [-0.2, 0) is 13.9 Å². The fourth-order valence-electron chi connectivity index (χ4n) is 0.973. The molecule has 0 heterocycles. The van der Waals surface area contributed by atoms with Crippen molar-refractivity contribution >= 4 is 19.4 Å². The molecule has 0 aliphatic heterocycles. The molecule has 1 amide bonds. The normalized spacial score (nSPS) is 13.9. The minimum Gasteiger partial charge on any atom is -0.404 e. The lowest BCUT2D eigenvalue weighted by atomic mass is 10.3. The van der Waals surface area contributed by atoms with Crippen molar-refractivity contribution < 1.29 is 23.3 Å². The predicted molar refractivity (Wildman–Crippen MR) is 58.2 cm³/mol. The second kappa shape index (κ2) is 5.12. The number of phosphoric acid groups is 1. The Hall–Kier alpha value is -1.36. The SMILES string of the molecule is COP(=O)(O)Oc1ccc(NC(C)=O)cc1.